The Bertz CT molecular complexity index is 1250. The Morgan fingerprint density at radius 1 is 1.30 bits per heavy atom. The van der Waals surface area contributed by atoms with E-state index in [0.29, 0.717) is 28.7 Å². The van der Waals surface area contributed by atoms with Crippen molar-refractivity contribution in [2.45, 2.75) is 50.0 Å². The second kappa shape index (κ2) is 8.53. The number of anilines is 3. The van der Waals surface area contributed by atoms with Gasteiger partial charge in [-0.05, 0) is 37.8 Å². The van der Waals surface area contributed by atoms with Crippen LogP contribution in [0.25, 0.3) is 11.3 Å². The summed E-state index contributed by atoms with van der Waals surface area (Å²) in [6.45, 7) is 4.13. The van der Waals surface area contributed by atoms with E-state index < -0.39 is 0 Å². The largest absolute Gasteiger partial charge is 0.391 e. The van der Waals surface area contributed by atoms with Crippen LogP contribution >= 0.6 is 0 Å². The highest BCUT2D eigenvalue weighted by atomic mass is 16.5. The first-order valence-electron chi connectivity index (χ1n) is 11.2. The number of hydrogen-bond acceptors (Lipinski definition) is 8. The van der Waals surface area contributed by atoms with Crippen molar-refractivity contribution in [2.75, 3.05) is 24.8 Å². The number of aromatic nitrogens is 4. The van der Waals surface area contributed by atoms with Gasteiger partial charge < -0.3 is 30.4 Å². The molecule has 0 spiro atoms. The molecular weight excluding hydrogens is 422 g/mol. The summed E-state index contributed by atoms with van der Waals surface area (Å²) in [5, 5.41) is 23.9. The van der Waals surface area contributed by atoms with Crippen molar-refractivity contribution in [3.63, 3.8) is 0 Å². The summed E-state index contributed by atoms with van der Waals surface area (Å²) >= 11 is 0. The molecule has 2 saturated carbocycles. The van der Waals surface area contributed by atoms with Crippen molar-refractivity contribution in [3.8, 4) is 0 Å². The quantitative estimate of drug-likeness (QED) is 0.411. The topological polar surface area (TPSA) is 118 Å². The van der Waals surface area contributed by atoms with Crippen molar-refractivity contribution < 1.29 is 9.84 Å². The zero-order valence-electron chi connectivity index (χ0n) is 18.8. The fourth-order valence-electron chi connectivity index (χ4n) is 4.42. The lowest BCUT2D eigenvalue weighted by molar-refractivity contribution is -0.0103. The van der Waals surface area contributed by atoms with Gasteiger partial charge in [-0.15, -0.1) is 0 Å². The molecule has 3 heterocycles. The van der Waals surface area contributed by atoms with E-state index in [0.717, 1.165) is 31.2 Å². The monoisotopic (exact) mass is 451 g/mol. The first-order chi connectivity index (χ1) is 16.0. The van der Waals surface area contributed by atoms with E-state index >= 15 is 0 Å². The molecule has 174 valence electrons. The van der Waals surface area contributed by atoms with E-state index in [-0.39, 0.29) is 29.9 Å². The van der Waals surface area contributed by atoms with Crippen LogP contribution in [-0.2, 0) is 4.74 Å². The minimum atomic E-state index is -0.365. The van der Waals surface area contributed by atoms with E-state index in [4.69, 9.17) is 9.72 Å². The predicted octanol–water partition coefficient (Wildman–Crippen LogP) is 2.11. The number of fused-ring (bicyclic) bond motifs is 1. The number of aliphatic hydroxyl groups excluding tert-OH is 1. The second-order valence-corrected chi connectivity index (χ2v) is 8.62. The molecule has 0 aliphatic heterocycles. The van der Waals surface area contributed by atoms with Crippen molar-refractivity contribution in [3.05, 3.63) is 53.1 Å². The summed E-state index contributed by atoms with van der Waals surface area (Å²) < 4.78 is 8.90. The average molecular weight is 452 g/mol. The Morgan fingerprint density at radius 3 is 2.79 bits per heavy atom. The molecule has 4 atom stereocenters. The van der Waals surface area contributed by atoms with Crippen LogP contribution in [0, 0.1) is 0 Å². The van der Waals surface area contributed by atoms with Gasteiger partial charge in [0.2, 0.25) is 0 Å². The molecule has 4 N–H and O–H groups in total. The molecule has 10 heteroatoms. The molecule has 2 aliphatic carbocycles. The van der Waals surface area contributed by atoms with Gasteiger partial charge in [-0.3, -0.25) is 4.79 Å². The smallest absolute Gasteiger partial charge is 0.274 e. The highest BCUT2D eigenvalue weighted by Gasteiger charge is 2.33. The van der Waals surface area contributed by atoms with Gasteiger partial charge in [0.05, 0.1) is 36.1 Å². The molecular formula is C23H29N7O3. The fraction of sp³-hybridized carbons (Fsp3) is 0.435. The van der Waals surface area contributed by atoms with Gasteiger partial charge in [-0.2, -0.15) is 9.61 Å². The van der Waals surface area contributed by atoms with E-state index in [1.54, 1.807) is 47.8 Å². The highest BCUT2D eigenvalue weighted by Crippen LogP contribution is 2.33. The van der Waals surface area contributed by atoms with Gasteiger partial charge in [0.1, 0.15) is 17.3 Å². The van der Waals surface area contributed by atoms with Crippen molar-refractivity contribution in [2.24, 2.45) is 0 Å². The SMILES string of the molecule is C=C(N[C@@H]1CC[C@H]1O)c1cnn2c(NC)cc(Nc3cccn([C@@H]4CC[C@H]4OC)c3=O)nc12. The molecule has 2 fully saturated rings. The number of nitrogens with zero attached hydrogens (tertiary/aromatic N) is 4. The molecule has 0 bridgehead atoms. The number of aliphatic hydroxyl groups is 1. The van der Waals surface area contributed by atoms with Crippen LogP contribution in [0.2, 0.25) is 0 Å². The summed E-state index contributed by atoms with van der Waals surface area (Å²) in [6.07, 6.45) is 6.75. The molecule has 0 amide bonds. The predicted molar refractivity (Wildman–Crippen MR) is 127 cm³/mol. The highest BCUT2D eigenvalue weighted by molar-refractivity contribution is 5.76. The van der Waals surface area contributed by atoms with E-state index in [1.165, 1.54) is 0 Å². The molecule has 0 aromatic carbocycles. The summed E-state index contributed by atoms with van der Waals surface area (Å²) in [4.78, 5) is 17.9. The number of ether oxygens (including phenoxy) is 1. The van der Waals surface area contributed by atoms with Crippen LogP contribution in [0.1, 0.15) is 37.3 Å². The lowest BCUT2D eigenvalue weighted by Gasteiger charge is -2.36. The third-order valence-electron chi connectivity index (χ3n) is 6.72. The van der Waals surface area contributed by atoms with Gasteiger partial charge in [0.15, 0.2) is 5.65 Å². The summed E-state index contributed by atoms with van der Waals surface area (Å²) in [5.74, 6) is 1.22. The minimum absolute atomic E-state index is 0.0113. The normalized spacial score (nSPS) is 24.1. The maximum absolute atomic E-state index is 13.1. The lowest BCUT2D eigenvalue weighted by Crippen LogP contribution is -2.46. The molecule has 0 unspecified atom stereocenters. The fourth-order valence-corrected chi connectivity index (χ4v) is 4.42. The first kappa shape index (κ1) is 21.5. The Kier molecular flexibility index (Phi) is 5.55. The van der Waals surface area contributed by atoms with E-state index in [2.05, 4.69) is 27.6 Å². The Labute approximate surface area is 191 Å². The Balaban J connectivity index is 1.46. The number of pyridine rings is 1. The van der Waals surface area contributed by atoms with Crippen LogP contribution in [0.3, 0.4) is 0 Å². The number of rotatable bonds is 8. The molecule has 33 heavy (non-hydrogen) atoms. The maximum Gasteiger partial charge on any atom is 0.274 e. The molecule has 0 radical (unpaired) electrons. The van der Waals surface area contributed by atoms with Crippen LogP contribution in [0.4, 0.5) is 17.3 Å². The molecule has 2 aliphatic rings. The number of nitrogens with one attached hydrogen (secondary N) is 3. The minimum Gasteiger partial charge on any atom is -0.391 e. The van der Waals surface area contributed by atoms with Crippen LogP contribution < -0.4 is 21.5 Å². The maximum atomic E-state index is 13.1. The third-order valence-corrected chi connectivity index (χ3v) is 6.72. The Hall–Kier alpha value is -3.37. The molecule has 3 aromatic rings. The number of methoxy groups -OCH3 is 1. The van der Waals surface area contributed by atoms with Gasteiger partial charge in [0.25, 0.3) is 5.56 Å². The standard InChI is InChI=1S/C23H29N7O3/c1-13(26-15-6-8-18(15)31)14-12-25-30-21(24-2)11-20(28-22(14)30)27-16-5-4-10-29(23(16)32)17-7-9-19(17)33-3/h4-5,10-12,15,17-19,24,26,31H,1,6-9H2,2-3H3,(H,27,28)/t15-,17-,18-,19-/m1/s1. The zero-order chi connectivity index (χ0) is 23.1. The average Bonchev–Trinajstić information content (AvgIpc) is 3.22. The van der Waals surface area contributed by atoms with Crippen LogP contribution in [0.5, 0.6) is 0 Å². The van der Waals surface area contributed by atoms with Crippen molar-refractivity contribution in [1.29, 1.82) is 0 Å². The molecule has 0 saturated heterocycles. The molecule has 10 nitrogen and oxygen atoms in total. The summed E-state index contributed by atoms with van der Waals surface area (Å²) in [5.41, 5.74) is 2.30. The van der Waals surface area contributed by atoms with Crippen molar-refractivity contribution in [1.82, 2.24) is 24.5 Å². The van der Waals surface area contributed by atoms with Gasteiger partial charge in [-0.1, -0.05) is 6.58 Å². The first-order valence-corrected chi connectivity index (χ1v) is 11.2. The lowest BCUT2D eigenvalue weighted by atomic mass is 9.88. The number of hydrogen-bond donors (Lipinski definition) is 4. The van der Waals surface area contributed by atoms with E-state index in [1.807, 2.05) is 6.07 Å². The molecule has 3 aromatic heterocycles. The third kappa shape index (κ3) is 3.75. The summed E-state index contributed by atoms with van der Waals surface area (Å²) in [6, 6.07) is 5.44. The van der Waals surface area contributed by atoms with E-state index in [9.17, 15) is 9.90 Å². The van der Waals surface area contributed by atoms with Gasteiger partial charge >= 0.3 is 0 Å². The summed E-state index contributed by atoms with van der Waals surface area (Å²) in [7, 11) is 3.48. The molecule has 5 rings (SSSR count). The van der Waals surface area contributed by atoms with Gasteiger partial charge in [0, 0.05) is 32.1 Å². The van der Waals surface area contributed by atoms with Crippen LogP contribution in [-0.4, -0.2) is 56.7 Å². The van der Waals surface area contributed by atoms with Crippen LogP contribution in [0.15, 0.2) is 42.0 Å². The van der Waals surface area contributed by atoms with Gasteiger partial charge in [-0.25, -0.2) is 4.98 Å². The Morgan fingerprint density at radius 2 is 2.15 bits per heavy atom. The zero-order valence-corrected chi connectivity index (χ0v) is 18.8. The van der Waals surface area contributed by atoms with Crippen molar-refractivity contribution >= 4 is 28.7 Å². The second-order valence-electron chi connectivity index (χ2n) is 8.62.